The molecule has 0 aliphatic heterocycles. The topological polar surface area (TPSA) is 39.2 Å². The fourth-order valence-electron chi connectivity index (χ4n) is 1.05. The van der Waals surface area contributed by atoms with Crippen LogP contribution in [-0.4, -0.2) is 18.1 Å². The van der Waals surface area contributed by atoms with Crippen molar-refractivity contribution in [3.63, 3.8) is 0 Å². The van der Waals surface area contributed by atoms with Gasteiger partial charge in [0.1, 0.15) is 11.4 Å². The number of carbonyl (C=O) groups is 1. The molecule has 1 aromatic heterocycles. The number of hydrogen-bond donors (Lipinski definition) is 0. The number of pyridine rings is 1. The number of ether oxygens (including phenoxy) is 1. The van der Waals surface area contributed by atoms with E-state index in [4.69, 9.17) is 11.6 Å². The first-order chi connectivity index (χ1) is 7.51. The highest BCUT2D eigenvalue weighted by atomic mass is 79.9. The maximum absolute atomic E-state index is 12.6. The van der Waals surface area contributed by atoms with Crippen LogP contribution in [0.2, 0.25) is 5.02 Å². The van der Waals surface area contributed by atoms with Crippen LogP contribution in [0, 0.1) is 0 Å². The zero-order valence-corrected chi connectivity index (χ0v) is 10.5. The number of rotatable bonds is 3. The number of nitrogens with zero attached hydrogens (tertiary/aromatic N) is 1. The van der Waals surface area contributed by atoms with Crippen molar-refractivity contribution >= 4 is 33.5 Å². The summed E-state index contributed by atoms with van der Waals surface area (Å²) in [4.78, 5) is 14.7. The number of hydrogen-bond acceptors (Lipinski definition) is 3. The van der Waals surface area contributed by atoms with E-state index in [1.807, 2.05) is 0 Å². The van der Waals surface area contributed by atoms with Crippen molar-refractivity contribution < 1.29 is 18.3 Å². The van der Waals surface area contributed by atoms with E-state index in [0.29, 0.717) is 5.56 Å². The molecule has 0 saturated carbocycles. The molecule has 0 fully saturated rings. The zero-order valence-electron chi connectivity index (χ0n) is 8.14. The molecule has 0 spiro atoms. The van der Waals surface area contributed by atoms with E-state index in [1.165, 1.54) is 6.07 Å². The second kappa shape index (κ2) is 5.54. The van der Waals surface area contributed by atoms with Crippen LogP contribution in [0.3, 0.4) is 0 Å². The number of esters is 1. The van der Waals surface area contributed by atoms with Crippen molar-refractivity contribution in [2.24, 2.45) is 0 Å². The van der Waals surface area contributed by atoms with Crippen molar-refractivity contribution in [2.45, 2.75) is 11.8 Å². The number of methoxy groups -OCH3 is 1. The minimum atomic E-state index is -2.84. The molecule has 1 heterocycles. The molecular weight excluding hydrogens is 307 g/mol. The van der Waals surface area contributed by atoms with Crippen LogP contribution < -0.4 is 0 Å². The molecule has 1 aromatic rings. The summed E-state index contributed by atoms with van der Waals surface area (Å²) < 4.78 is 29.6. The molecule has 0 unspecified atom stereocenters. The first-order valence-corrected chi connectivity index (χ1v) is 5.63. The van der Waals surface area contributed by atoms with Gasteiger partial charge in [-0.3, -0.25) is 0 Å². The van der Waals surface area contributed by atoms with Crippen molar-refractivity contribution in [1.29, 1.82) is 0 Å². The molecule has 0 bridgehead atoms. The normalized spacial score (nSPS) is 10.6. The van der Waals surface area contributed by atoms with E-state index in [-0.39, 0.29) is 16.0 Å². The Balaban J connectivity index is 3.34. The Morgan fingerprint density at radius 3 is 2.75 bits per heavy atom. The van der Waals surface area contributed by atoms with Crippen molar-refractivity contribution in [3.05, 3.63) is 28.0 Å². The number of halogens is 4. The molecule has 0 saturated heterocycles. The van der Waals surface area contributed by atoms with Crippen molar-refractivity contribution in [2.75, 3.05) is 7.11 Å². The lowest BCUT2D eigenvalue weighted by Crippen LogP contribution is -2.08. The van der Waals surface area contributed by atoms with E-state index in [1.54, 1.807) is 0 Å². The summed E-state index contributed by atoms with van der Waals surface area (Å²) in [6.07, 6.45) is -2.84. The minimum Gasteiger partial charge on any atom is -0.464 e. The first kappa shape index (κ1) is 13.3. The predicted molar refractivity (Wildman–Crippen MR) is 58.2 cm³/mol. The lowest BCUT2D eigenvalue weighted by atomic mass is 10.2. The van der Waals surface area contributed by atoms with Crippen LogP contribution in [0.25, 0.3) is 0 Å². The van der Waals surface area contributed by atoms with Crippen molar-refractivity contribution in [3.8, 4) is 0 Å². The van der Waals surface area contributed by atoms with Crippen LogP contribution in [0.1, 0.15) is 28.2 Å². The Labute approximate surface area is 104 Å². The molecule has 0 aromatic carbocycles. The maximum atomic E-state index is 12.6. The Kier molecular flexibility index (Phi) is 4.61. The van der Waals surface area contributed by atoms with Gasteiger partial charge in [0.15, 0.2) is 0 Å². The molecule has 0 amide bonds. The van der Waals surface area contributed by atoms with Gasteiger partial charge in [-0.2, -0.15) is 0 Å². The van der Waals surface area contributed by atoms with Gasteiger partial charge in [-0.15, -0.1) is 0 Å². The highest BCUT2D eigenvalue weighted by molar-refractivity contribution is 9.08. The van der Waals surface area contributed by atoms with E-state index in [0.717, 1.165) is 7.11 Å². The summed E-state index contributed by atoms with van der Waals surface area (Å²) in [5.41, 5.74) is -0.428. The van der Waals surface area contributed by atoms with Gasteiger partial charge in [0, 0.05) is 5.33 Å². The third kappa shape index (κ3) is 2.68. The smallest absolute Gasteiger partial charge is 0.356 e. The van der Waals surface area contributed by atoms with Gasteiger partial charge in [0.2, 0.25) is 0 Å². The Bertz CT molecular complexity index is 415. The van der Waals surface area contributed by atoms with Gasteiger partial charge >= 0.3 is 5.97 Å². The number of carbonyl (C=O) groups excluding carboxylic acids is 1. The molecule has 16 heavy (non-hydrogen) atoms. The number of aromatic nitrogens is 1. The second-order valence-electron chi connectivity index (χ2n) is 2.79. The van der Waals surface area contributed by atoms with Crippen LogP contribution in [0.4, 0.5) is 8.78 Å². The molecule has 0 aliphatic carbocycles. The monoisotopic (exact) mass is 313 g/mol. The predicted octanol–water partition coefficient (Wildman–Crippen LogP) is 3.35. The molecular formula is C9H7BrClF2NO2. The van der Waals surface area contributed by atoms with Gasteiger partial charge < -0.3 is 4.74 Å². The Morgan fingerprint density at radius 2 is 2.31 bits per heavy atom. The maximum Gasteiger partial charge on any atom is 0.356 e. The first-order valence-electron chi connectivity index (χ1n) is 4.13. The summed E-state index contributed by atoms with van der Waals surface area (Å²) in [5, 5.41) is 0.109. The van der Waals surface area contributed by atoms with Crippen LogP contribution in [-0.2, 0) is 10.1 Å². The average molecular weight is 315 g/mol. The highest BCUT2D eigenvalue weighted by Crippen LogP contribution is 2.30. The summed E-state index contributed by atoms with van der Waals surface area (Å²) in [6.45, 7) is 0. The second-order valence-corrected chi connectivity index (χ2v) is 3.73. The van der Waals surface area contributed by atoms with Crippen molar-refractivity contribution in [1.82, 2.24) is 4.98 Å². The lowest BCUT2D eigenvalue weighted by molar-refractivity contribution is 0.0592. The van der Waals surface area contributed by atoms with Crippen LogP contribution in [0.15, 0.2) is 6.07 Å². The quantitative estimate of drug-likeness (QED) is 0.634. The standard InChI is InChI=1S/C9H7BrClF2NO2/c1-16-9(15)5-2-4(3-10)6(11)7(14-5)8(12)13/h2,8H,3H2,1H3. The van der Waals surface area contributed by atoms with E-state index in [9.17, 15) is 13.6 Å². The Hall–Kier alpha value is -0.750. The Morgan fingerprint density at radius 1 is 1.69 bits per heavy atom. The van der Waals surface area contributed by atoms with Crippen LogP contribution in [0.5, 0.6) is 0 Å². The van der Waals surface area contributed by atoms with Gasteiger partial charge in [-0.25, -0.2) is 18.6 Å². The average Bonchev–Trinajstić information content (AvgIpc) is 2.27. The van der Waals surface area contributed by atoms with E-state index in [2.05, 4.69) is 25.7 Å². The molecule has 0 atom stereocenters. The van der Waals surface area contributed by atoms with Crippen LogP contribution >= 0.6 is 27.5 Å². The molecule has 0 aliphatic rings. The fraction of sp³-hybridized carbons (Fsp3) is 0.333. The summed E-state index contributed by atoms with van der Waals surface area (Å²) in [5.74, 6) is -0.777. The van der Waals surface area contributed by atoms with Gasteiger partial charge in [-0.1, -0.05) is 27.5 Å². The fourth-order valence-corrected chi connectivity index (χ4v) is 1.90. The molecule has 3 nitrogen and oxygen atoms in total. The molecule has 7 heteroatoms. The summed E-state index contributed by atoms with van der Waals surface area (Å²) in [6, 6.07) is 1.31. The third-order valence-electron chi connectivity index (χ3n) is 1.80. The van der Waals surface area contributed by atoms with E-state index >= 15 is 0 Å². The van der Waals surface area contributed by atoms with Gasteiger partial charge in [-0.05, 0) is 11.6 Å². The molecule has 0 N–H and O–H groups in total. The highest BCUT2D eigenvalue weighted by Gasteiger charge is 2.20. The van der Waals surface area contributed by atoms with Gasteiger partial charge in [0.05, 0.1) is 12.1 Å². The third-order valence-corrected chi connectivity index (χ3v) is 2.84. The van der Waals surface area contributed by atoms with Gasteiger partial charge in [0.25, 0.3) is 6.43 Å². The van der Waals surface area contributed by atoms with E-state index < -0.39 is 18.1 Å². The summed E-state index contributed by atoms with van der Waals surface area (Å²) >= 11 is 8.79. The summed E-state index contributed by atoms with van der Waals surface area (Å²) in [7, 11) is 1.15. The minimum absolute atomic E-state index is 0.139. The molecule has 1 rings (SSSR count). The number of alkyl halides is 3. The zero-order chi connectivity index (χ0) is 12.3. The largest absolute Gasteiger partial charge is 0.464 e. The SMILES string of the molecule is COC(=O)c1cc(CBr)c(Cl)c(C(F)F)n1. The molecule has 0 radical (unpaired) electrons. The lowest BCUT2D eigenvalue weighted by Gasteiger charge is -2.08. The molecule has 88 valence electrons.